The van der Waals surface area contributed by atoms with Crippen LogP contribution >= 0.6 is 23.5 Å². The van der Waals surface area contributed by atoms with Crippen molar-refractivity contribution in [2.24, 2.45) is 0 Å². The Kier molecular flexibility index (Phi) is 17.8. The van der Waals surface area contributed by atoms with Crippen molar-refractivity contribution in [3.63, 3.8) is 0 Å². The molecule has 0 unspecified atom stereocenters. The molecule has 0 aliphatic heterocycles. The molecule has 0 saturated carbocycles. The van der Waals surface area contributed by atoms with E-state index in [4.69, 9.17) is 40.7 Å². The van der Waals surface area contributed by atoms with Gasteiger partial charge in [-0.2, -0.15) is 13.7 Å². The molecule has 0 heterocycles. The van der Waals surface area contributed by atoms with E-state index < -0.39 is 23.5 Å². The molecule has 9 aromatic carbocycles. The van der Waals surface area contributed by atoms with E-state index >= 15 is 0 Å². The lowest BCUT2D eigenvalue weighted by atomic mass is 10.3. The number of phosphoric acid groups is 3. The van der Waals surface area contributed by atoms with E-state index in [1.54, 1.807) is 218 Å². The van der Waals surface area contributed by atoms with Gasteiger partial charge in [0.25, 0.3) is 0 Å². The first-order valence-electron chi connectivity index (χ1n) is 21.2. The maximum Gasteiger partial charge on any atom is 0.647 e. The molecule has 0 aliphatic carbocycles. The highest BCUT2D eigenvalue weighted by molar-refractivity contribution is 7.50. The van der Waals surface area contributed by atoms with E-state index in [2.05, 4.69) is 0 Å². The molecule has 0 fully saturated rings. The second kappa shape index (κ2) is 25.1. The molecule has 0 radical (unpaired) electrons. The van der Waals surface area contributed by atoms with Crippen molar-refractivity contribution in [1.29, 1.82) is 0 Å². The summed E-state index contributed by atoms with van der Waals surface area (Å²) in [5.41, 5.74) is 0. The van der Waals surface area contributed by atoms with E-state index in [-0.39, 0.29) is 0 Å². The Hall–Kier alpha value is -8.13. The van der Waals surface area contributed by atoms with Crippen LogP contribution in [0.1, 0.15) is 0 Å². The summed E-state index contributed by atoms with van der Waals surface area (Å²) < 4.78 is 88.9. The highest BCUT2D eigenvalue weighted by atomic mass is 31.2. The Labute approximate surface area is 401 Å². The molecule has 0 bridgehead atoms. The van der Waals surface area contributed by atoms with Gasteiger partial charge in [0, 0.05) is 0 Å². The van der Waals surface area contributed by atoms with Gasteiger partial charge in [-0.15, -0.1) is 0 Å². The Balaban J connectivity index is 0.000000153. The summed E-state index contributed by atoms with van der Waals surface area (Å²) in [5, 5.41) is 0. The highest BCUT2D eigenvalue weighted by Crippen LogP contribution is 2.52. The Bertz CT molecular complexity index is 2330. The number of para-hydroxylation sites is 9. The molecule has 9 rings (SSSR count). The zero-order chi connectivity index (χ0) is 47.9. The minimum absolute atomic E-state index is 0.405. The van der Waals surface area contributed by atoms with Crippen molar-refractivity contribution in [1.82, 2.24) is 0 Å². The fourth-order valence-electron chi connectivity index (χ4n) is 5.66. The molecule has 0 spiro atoms. The first kappa shape index (κ1) is 48.8. The summed E-state index contributed by atoms with van der Waals surface area (Å²) in [4.78, 5) is 0. The van der Waals surface area contributed by atoms with Crippen LogP contribution in [0.25, 0.3) is 0 Å². The van der Waals surface area contributed by atoms with Crippen molar-refractivity contribution >= 4 is 23.5 Å². The van der Waals surface area contributed by atoms with E-state index in [9.17, 15) is 13.7 Å². The van der Waals surface area contributed by atoms with Gasteiger partial charge in [-0.1, -0.05) is 164 Å². The number of rotatable bonds is 18. The Morgan fingerprint density at radius 1 is 0.159 bits per heavy atom. The number of hydrogen-bond donors (Lipinski definition) is 0. The van der Waals surface area contributed by atoms with E-state index in [0.717, 1.165) is 0 Å². The number of benzene rings is 9. The summed E-state index contributed by atoms with van der Waals surface area (Å²) in [6.07, 6.45) is 0. The predicted octanol–water partition coefficient (Wildman–Crippen LogP) is 16.0. The molecular weight excluding hydrogens is 934 g/mol. The fraction of sp³-hybridized carbons (Fsp3) is 0. The maximum absolute atomic E-state index is 13.1. The molecule has 0 N–H and O–H groups in total. The molecule has 0 atom stereocenters. The zero-order valence-corrected chi connectivity index (χ0v) is 39.4. The molecule has 9 aromatic rings. The maximum atomic E-state index is 13.1. The van der Waals surface area contributed by atoms with Crippen LogP contribution in [0.2, 0.25) is 0 Å². The topological polar surface area (TPSA) is 134 Å². The van der Waals surface area contributed by atoms with Crippen molar-refractivity contribution in [2.45, 2.75) is 0 Å². The quantitative estimate of drug-likeness (QED) is 0.0758. The average molecular weight is 979 g/mol. The summed E-state index contributed by atoms with van der Waals surface area (Å²) in [6.45, 7) is 0. The SMILES string of the molecule is O=P(Oc1ccccc1)(Oc1ccccc1)Oc1ccccc1.O=P(Oc1ccccc1)(Oc1ccccc1)Oc1ccccc1.O=P(Oc1ccccc1)(Oc1ccccc1)Oc1ccccc1. The van der Waals surface area contributed by atoms with Crippen LogP contribution in [0.5, 0.6) is 51.7 Å². The third-order valence-electron chi connectivity index (χ3n) is 8.64. The van der Waals surface area contributed by atoms with Crippen molar-refractivity contribution in [3.05, 3.63) is 273 Å². The van der Waals surface area contributed by atoms with Gasteiger partial charge in [0.1, 0.15) is 51.7 Å². The van der Waals surface area contributed by atoms with Crippen LogP contribution in [-0.4, -0.2) is 0 Å². The first-order valence-corrected chi connectivity index (χ1v) is 25.6. The van der Waals surface area contributed by atoms with Gasteiger partial charge in [-0.05, 0) is 109 Å². The molecule has 12 nitrogen and oxygen atoms in total. The summed E-state index contributed by atoms with van der Waals surface area (Å²) in [6, 6.07) is 79.1. The fourth-order valence-corrected chi connectivity index (χ4v) is 9.42. The monoisotopic (exact) mass is 978 g/mol. The molecule has 69 heavy (non-hydrogen) atoms. The van der Waals surface area contributed by atoms with Gasteiger partial charge < -0.3 is 40.7 Å². The third kappa shape index (κ3) is 16.9. The van der Waals surface area contributed by atoms with Crippen molar-refractivity contribution < 1.29 is 54.4 Å². The lowest BCUT2D eigenvalue weighted by Gasteiger charge is -2.19. The second-order valence-electron chi connectivity index (χ2n) is 14.0. The smallest absolute Gasteiger partial charge is 0.386 e. The summed E-state index contributed by atoms with van der Waals surface area (Å²) in [7, 11) is -11.7. The average Bonchev–Trinajstić information content (AvgIpc) is 3.37. The second-order valence-corrected chi connectivity index (χ2v) is 18.3. The van der Waals surface area contributed by atoms with Crippen molar-refractivity contribution in [3.8, 4) is 51.7 Å². The van der Waals surface area contributed by atoms with Gasteiger partial charge >= 0.3 is 23.5 Å². The normalized spacial score (nSPS) is 10.8. The van der Waals surface area contributed by atoms with Gasteiger partial charge in [0.2, 0.25) is 0 Å². The largest absolute Gasteiger partial charge is 0.647 e. The number of hydrogen-bond acceptors (Lipinski definition) is 12. The van der Waals surface area contributed by atoms with Gasteiger partial charge in [-0.3, -0.25) is 0 Å². The molecule has 0 saturated heterocycles. The lowest BCUT2D eigenvalue weighted by Crippen LogP contribution is -2.07. The highest BCUT2D eigenvalue weighted by Gasteiger charge is 2.35. The Morgan fingerprint density at radius 2 is 0.246 bits per heavy atom. The van der Waals surface area contributed by atoms with Crippen LogP contribution < -0.4 is 40.7 Å². The van der Waals surface area contributed by atoms with Gasteiger partial charge in [-0.25, -0.2) is 0 Å². The molecule has 15 heteroatoms. The molecule has 0 amide bonds. The standard InChI is InChI=1S/3C18H15O4P/c3*19-23(20-16-10-4-1-5-11-16,21-17-12-6-2-7-13-17)22-18-14-8-3-9-15-18/h3*1-15H. The molecule has 0 aromatic heterocycles. The third-order valence-corrected chi connectivity index (χ3v) is 12.6. The summed E-state index contributed by atoms with van der Waals surface area (Å²) in [5.74, 6) is 3.65. The molecule has 348 valence electrons. The van der Waals surface area contributed by atoms with E-state index in [1.165, 1.54) is 0 Å². The molecule has 0 aliphatic rings. The van der Waals surface area contributed by atoms with Gasteiger partial charge in [0.05, 0.1) is 0 Å². The number of phosphoric ester groups is 3. The summed E-state index contributed by atoms with van der Waals surface area (Å²) >= 11 is 0. The van der Waals surface area contributed by atoms with Gasteiger partial charge in [0.15, 0.2) is 0 Å². The van der Waals surface area contributed by atoms with E-state index in [1.807, 2.05) is 54.6 Å². The Morgan fingerprint density at radius 3 is 0.333 bits per heavy atom. The van der Waals surface area contributed by atoms with Crippen LogP contribution in [-0.2, 0) is 13.7 Å². The van der Waals surface area contributed by atoms with Crippen LogP contribution in [0.3, 0.4) is 0 Å². The first-order chi connectivity index (χ1) is 33.7. The van der Waals surface area contributed by atoms with Crippen LogP contribution in [0.15, 0.2) is 273 Å². The van der Waals surface area contributed by atoms with Crippen LogP contribution in [0.4, 0.5) is 0 Å². The molecular formula is C54H45O12P3. The lowest BCUT2D eigenvalue weighted by molar-refractivity contribution is 0.296. The minimum atomic E-state index is -3.89. The predicted molar refractivity (Wildman–Crippen MR) is 266 cm³/mol. The zero-order valence-electron chi connectivity index (χ0n) is 36.7. The van der Waals surface area contributed by atoms with Crippen LogP contribution in [0, 0.1) is 0 Å². The van der Waals surface area contributed by atoms with E-state index in [0.29, 0.717) is 51.7 Å². The minimum Gasteiger partial charge on any atom is -0.386 e. The van der Waals surface area contributed by atoms with Crippen molar-refractivity contribution in [2.75, 3.05) is 0 Å².